The summed E-state index contributed by atoms with van der Waals surface area (Å²) in [5.74, 6) is 2.51. The molecule has 2 aromatic carbocycles. The Balaban J connectivity index is 1.36. The van der Waals surface area contributed by atoms with Crippen LogP contribution in [0.2, 0.25) is 5.02 Å². The van der Waals surface area contributed by atoms with Gasteiger partial charge in [0.05, 0.1) is 16.2 Å². The smallest absolute Gasteiger partial charge is 0.321 e. The number of rotatable bonds is 5. The van der Waals surface area contributed by atoms with Crippen LogP contribution in [0.5, 0.6) is 0 Å². The van der Waals surface area contributed by atoms with Gasteiger partial charge in [0.1, 0.15) is 11.6 Å². The summed E-state index contributed by atoms with van der Waals surface area (Å²) in [6, 6.07) is 12.0. The molecule has 5 rings (SSSR count). The first-order valence-corrected chi connectivity index (χ1v) is 12.4. The molecule has 1 aliphatic carbocycles. The SMILES string of the molecule is CN(C)C(=O)Nc1ccc(N2CCN(c3nc(C4CC4)nc4ccc(N(C)C)cc34)CC2)c(Cl)c1. The Bertz CT molecular complexity index is 1250. The van der Waals surface area contributed by atoms with Crippen molar-refractivity contribution in [3.63, 3.8) is 0 Å². The van der Waals surface area contributed by atoms with E-state index in [1.165, 1.54) is 17.7 Å². The number of halogens is 1. The van der Waals surface area contributed by atoms with Crippen LogP contribution < -0.4 is 20.0 Å². The summed E-state index contributed by atoms with van der Waals surface area (Å²) in [6.45, 7) is 3.36. The number of carbonyl (C=O) groups is 1. The molecule has 2 aliphatic rings. The number of hydrogen-bond donors (Lipinski definition) is 1. The largest absolute Gasteiger partial charge is 0.378 e. The second-order valence-corrected chi connectivity index (χ2v) is 10.1. The van der Waals surface area contributed by atoms with Crippen LogP contribution in [0, 0.1) is 0 Å². The maximum atomic E-state index is 11.9. The predicted octanol–water partition coefficient (Wildman–Crippen LogP) is 4.65. The number of fused-ring (bicyclic) bond motifs is 1. The lowest BCUT2D eigenvalue weighted by Gasteiger charge is -2.37. The predicted molar refractivity (Wildman–Crippen MR) is 144 cm³/mol. The Morgan fingerprint density at radius 3 is 2.31 bits per heavy atom. The molecule has 0 bridgehead atoms. The molecule has 1 N–H and O–H groups in total. The summed E-state index contributed by atoms with van der Waals surface area (Å²) in [4.78, 5) is 30.2. The number of piperazine rings is 1. The summed E-state index contributed by atoms with van der Waals surface area (Å²) >= 11 is 6.62. The van der Waals surface area contributed by atoms with E-state index in [1.807, 2.05) is 18.2 Å². The molecule has 9 heteroatoms. The van der Waals surface area contributed by atoms with E-state index in [1.54, 1.807) is 14.1 Å². The van der Waals surface area contributed by atoms with Gasteiger partial charge in [-0.05, 0) is 49.2 Å². The van der Waals surface area contributed by atoms with Gasteiger partial charge in [-0.2, -0.15) is 0 Å². The van der Waals surface area contributed by atoms with Crippen molar-refractivity contribution in [2.75, 3.05) is 74.4 Å². The molecule has 1 saturated carbocycles. The fraction of sp³-hybridized carbons (Fsp3) is 0.423. The van der Waals surface area contributed by atoms with Gasteiger partial charge in [0, 0.05) is 77.0 Å². The number of urea groups is 1. The molecule has 0 spiro atoms. The maximum Gasteiger partial charge on any atom is 0.321 e. The standard InChI is InChI=1S/C26H32ClN7O/c1-31(2)19-8-9-22-20(16-19)25(30-24(29-22)17-5-6-17)34-13-11-33(12-14-34)23-10-7-18(15-21(23)27)28-26(35)32(3)4/h7-10,15-17H,5-6,11-14H2,1-4H3,(H,28,35). The van der Waals surface area contributed by atoms with Gasteiger partial charge in [-0.3, -0.25) is 0 Å². The van der Waals surface area contributed by atoms with Crippen LogP contribution in [0.15, 0.2) is 36.4 Å². The highest BCUT2D eigenvalue weighted by Crippen LogP contribution is 2.40. The van der Waals surface area contributed by atoms with Gasteiger partial charge >= 0.3 is 6.03 Å². The normalized spacial score (nSPS) is 15.9. The Kier molecular flexibility index (Phi) is 6.32. The van der Waals surface area contributed by atoms with E-state index < -0.39 is 0 Å². The number of nitrogens with zero attached hydrogens (tertiary/aromatic N) is 6. The summed E-state index contributed by atoms with van der Waals surface area (Å²) in [6.07, 6.45) is 2.36. The van der Waals surface area contributed by atoms with Crippen LogP contribution in [0.1, 0.15) is 24.6 Å². The van der Waals surface area contributed by atoms with E-state index in [2.05, 4.69) is 52.3 Å². The lowest BCUT2D eigenvalue weighted by Crippen LogP contribution is -2.47. The third-order valence-electron chi connectivity index (χ3n) is 6.66. The molecule has 1 aliphatic heterocycles. The fourth-order valence-electron chi connectivity index (χ4n) is 4.40. The van der Waals surface area contributed by atoms with E-state index >= 15 is 0 Å². The first-order valence-electron chi connectivity index (χ1n) is 12.1. The average Bonchev–Trinajstić information content (AvgIpc) is 3.69. The third-order valence-corrected chi connectivity index (χ3v) is 6.96. The van der Waals surface area contributed by atoms with Gasteiger partial charge in [-0.1, -0.05) is 11.6 Å². The van der Waals surface area contributed by atoms with Gasteiger partial charge < -0.3 is 24.9 Å². The molecule has 0 unspecified atom stereocenters. The zero-order valence-corrected chi connectivity index (χ0v) is 21.5. The average molecular weight is 494 g/mol. The number of nitrogens with one attached hydrogen (secondary N) is 1. The molecular formula is C26H32ClN7O. The number of aromatic nitrogens is 2. The topological polar surface area (TPSA) is 67.8 Å². The van der Waals surface area contributed by atoms with E-state index in [0.29, 0.717) is 16.6 Å². The number of anilines is 4. The lowest BCUT2D eigenvalue weighted by atomic mass is 10.1. The number of benzene rings is 2. The summed E-state index contributed by atoms with van der Waals surface area (Å²) < 4.78 is 0. The van der Waals surface area contributed by atoms with Crippen molar-refractivity contribution in [1.29, 1.82) is 0 Å². The number of hydrogen-bond acceptors (Lipinski definition) is 6. The molecule has 1 aromatic heterocycles. The van der Waals surface area contributed by atoms with Crippen molar-refractivity contribution in [2.24, 2.45) is 0 Å². The highest BCUT2D eigenvalue weighted by molar-refractivity contribution is 6.33. The van der Waals surface area contributed by atoms with E-state index in [4.69, 9.17) is 21.6 Å². The molecule has 2 heterocycles. The highest BCUT2D eigenvalue weighted by atomic mass is 35.5. The Morgan fingerprint density at radius 2 is 1.69 bits per heavy atom. The maximum absolute atomic E-state index is 11.9. The minimum Gasteiger partial charge on any atom is -0.378 e. The minimum atomic E-state index is -0.178. The van der Waals surface area contributed by atoms with Gasteiger partial charge in [0.2, 0.25) is 0 Å². The Labute approximate surface area is 211 Å². The molecule has 2 amide bonds. The number of amides is 2. The van der Waals surface area contributed by atoms with E-state index in [0.717, 1.165) is 60.1 Å². The quantitative estimate of drug-likeness (QED) is 0.558. The second-order valence-electron chi connectivity index (χ2n) is 9.74. The molecule has 184 valence electrons. The molecule has 2 fully saturated rings. The van der Waals surface area contributed by atoms with Crippen LogP contribution >= 0.6 is 11.6 Å². The van der Waals surface area contributed by atoms with Crippen LogP contribution in [0.4, 0.5) is 27.7 Å². The molecule has 8 nitrogen and oxygen atoms in total. The molecule has 0 radical (unpaired) electrons. The van der Waals surface area contributed by atoms with Gasteiger partial charge in [-0.25, -0.2) is 14.8 Å². The van der Waals surface area contributed by atoms with Crippen molar-refractivity contribution in [1.82, 2.24) is 14.9 Å². The molecule has 1 saturated heterocycles. The Morgan fingerprint density at radius 1 is 0.971 bits per heavy atom. The third kappa shape index (κ3) is 4.93. The lowest BCUT2D eigenvalue weighted by molar-refractivity contribution is 0.230. The molecular weight excluding hydrogens is 462 g/mol. The van der Waals surface area contributed by atoms with Crippen LogP contribution in [-0.4, -0.2) is 75.3 Å². The van der Waals surface area contributed by atoms with Crippen molar-refractivity contribution in [3.05, 3.63) is 47.2 Å². The highest BCUT2D eigenvalue weighted by Gasteiger charge is 2.29. The summed E-state index contributed by atoms with van der Waals surface area (Å²) in [5, 5.41) is 4.59. The van der Waals surface area contributed by atoms with Crippen LogP contribution in [0.25, 0.3) is 10.9 Å². The van der Waals surface area contributed by atoms with E-state index in [9.17, 15) is 4.79 Å². The van der Waals surface area contributed by atoms with Crippen LogP contribution in [0.3, 0.4) is 0 Å². The van der Waals surface area contributed by atoms with Gasteiger partial charge in [0.15, 0.2) is 0 Å². The zero-order chi connectivity index (χ0) is 24.7. The van der Waals surface area contributed by atoms with Gasteiger partial charge in [0.25, 0.3) is 0 Å². The Hall–Kier alpha value is -3.26. The molecule has 3 aromatic rings. The van der Waals surface area contributed by atoms with Crippen molar-refractivity contribution in [3.8, 4) is 0 Å². The number of carbonyl (C=O) groups excluding carboxylic acids is 1. The summed E-state index contributed by atoms with van der Waals surface area (Å²) in [5.41, 5.74) is 3.83. The molecule has 0 atom stereocenters. The van der Waals surface area contributed by atoms with Crippen LogP contribution in [-0.2, 0) is 0 Å². The monoisotopic (exact) mass is 493 g/mol. The first-order chi connectivity index (χ1) is 16.8. The fourth-order valence-corrected chi connectivity index (χ4v) is 4.70. The van der Waals surface area contributed by atoms with Crippen molar-refractivity contribution < 1.29 is 4.79 Å². The van der Waals surface area contributed by atoms with Crippen molar-refractivity contribution >= 4 is 51.4 Å². The second kappa shape index (κ2) is 9.41. The zero-order valence-electron chi connectivity index (χ0n) is 20.8. The van der Waals surface area contributed by atoms with Gasteiger partial charge in [-0.15, -0.1) is 0 Å². The minimum absolute atomic E-state index is 0.178. The first kappa shape index (κ1) is 23.5. The van der Waals surface area contributed by atoms with Crippen molar-refractivity contribution in [2.45, 2.75) is 18.8 Å². The summed E-state index contributed by atoms with van der Waals surface area (Å²) in [7, 11) is 7.53. The van der Waals surface area contributed by atoms with E-state index in [-0.39, 0.29) is 6.03 Å². The molecule has 35 heavy (non-hydrogen) atoms.